The van der Waals surface area contributed by atoms with Crippen LogP contribution in [0.5, 0.6) is 0 Å². The summed E-state index contributed by atoms with van der Waals surface area (Å²) >= 11 is 0. The van der Waals surface area contributed by atoms with E-state index < -0.39 is 0 Å². The first-order chi connectivity index (χ1) is 5.23. The molecule has 0 spiro atoms. The molecule has 0 bridgehead atoms. The lowest BCUT2D eigenvalue weighted by atomic mass is 9.93. The third-order valence-corrected chi connectivity index (χ3v) is 2.73. The second kappa shape index (κ2) is 3.55. The second-order valence-corrected chi connectivity index (χ2v) is 3.78. The van der Waals surface area contributed by atoms with Crippen LogP contribution in [0.4, 0.5) is 0 Å². The minimum Gasteiger partial charge on any atom is -0.325 e. The van der Waals surface area contributed by atoms with E-state index in [-0.39, 0.29) is 5.54 Å². The van der Waals surface area contributed by atoms with E-state index >= 15 is 0 Å². The van der Waals surface area contributed by atoms with Gasteiger partial charge < -0.3 is 11.1 Å². The Bertz CT molecular complexity index is 113. The zero-order valence-corrected chi connectivity index (χ0v) is 7.69. The number of hydrogen-bond acceptors (Lipinski definition) is 2. The molecular formula is C9H20N2. The first-order valence-electron chi connectivity index (χ1n) is 4.66. The zero-order chi connectivity index (χ0) is 8.32. The van der Waals surface area contributed by atoms with Crippen molar-refractivity contribution in [2.24, 2.45) is 11.7 Å². The standard InChI is InChI=1S/C9H20N2/c1-3-4-8(7-11-2)9(10)5-6-9/h8,11H,3-7,10H2,1-2H3. The van der Waals surface area contributed by atoms with Crippen molar-refractivity contribution in [3.8, 4) is 0 Å². The first-order valence-corrected chi connectivity index (χ1v) is 4.66. The van der Waals surface area contributed by atoms with Crippen molar-refractivity contribution in [2.45, 2.75) is 38.1 Å². The second-order valence-electron chi connectivity index (χ2n) is 3.78. The average Bonchev–Trinajstić information content (AvgIpc) is 2.69. The maximum absolute atomic E-state index is 6.12. The van der Waals surface area contributed by atoms with Crippen molar-refractivity contribution in [2.75, 3.05) is 13.6 Å². The minimum absolute atomic E-state index is 0.207. The number of nitrogens with one attached hydrogen (secondary N) is 1. The first kappa shape index (κ1) is 9.01. The van der Waals surface area contributed by atoms with E-state index in [0.717, 1.165) is 6.54 Å². The van der Waals surface area contributed by atoms with Crippen molar-refractivity contribution in [1.82, 2.24) is 5.32 Å². The SMILES string of the molecule is CCCC(CNC)C1(N)CC1. The van der Waals surface area contributed by atoms with Crippen molar-refractivity contribution in [3.63, 3.8) is 0 Å². The van der Waals surface area contributed by atoms with E-state index in [1.54, 1.807) is 0 Å². The van der Waals surface area contributed by atoms with E-state index in [4.69, 9.17) is 5.73 Å². The number of hydrogen-bond donors (Lipinski definition) is 2. The Labute approximate surface area is 69.5 Å². The summed E-state index contributed by atoms with van der Waals surface area (Å²) in [7, 11) is 2.01. The molecule has 1 fully saturated rings. The highest BCUT2D eigenvalue weighted by Gasteiger charge is 2.44. The van der Waals surface area contributed by atoms with Crippen molar-refractivity contribution in [1.29, 1.82) is 0 Å². The number of nitrogens with two attached hydrogens (primary N) is 1. The average molecular weight is 156 g/mol. The summed E-state index contributed by atoms with van der Waals surface area (Å²) in [4.78, 5) is 0. The molecule has 0 aromatic carbocycles. The Hall–Kier alpha value is -0.0800. The fourth-order valence-corrected chi connectivity index (χ4v) is 1.74. The maximum atomic E-state index is 6.12. The monoisotopic (exact) mass is 156 g/mol. The summed E-state index contributed by atoms with van der Waals surface area (Å²) in [5.41, 5.74) is 6.33. The topological polar surface area (TPSA) is 38.0 Å². The van der Waals surface area contributed by atoms with Crippen LogP contribution in [0.2, 0.25) is 0 Å². The van der Waals surface area contributed by atoms with Crippen LogP contribution in [0.15, 0.2) is 0 Å². The van der Waals surface area contributed by atoms with Crippen molar-refractivity contribution < 1.29 is 0 Å². The van der Waals surface area contributed by atoms with Crippen LogP contribution in [0, 0.1) is 5.92 Å². The third kappa shape index (κ3) is 2.17. The maximum Gasteiger partial charge on any atom is 0.0196 e. The fraction of sp³-hybridized carbons (Fsp3) is 1.00. The highest BCUT2D eigenvalue weighted by atomic mass is 14.9. The third-order valence-electron chi connectivity index (χ3n) is 2.73. The largest absolute Gasteiger partial charge is 0.325 e. The molecule has 2 nitrogen and oxygen atoms in total. The van der Waals surface area contributed by atoms with Gasteiger partial charge in [-0.05, 0) is 38.8 Å². The van der Waals surface area contributed by atoms with Crippen LogP contribution in [-0.4, -0.2) is 19.1 Å². The van der Waals surface area contributed by atoms with E-state index in [9.17, 15) is 0 Å². The lowest BCUT2D eigenvalue weighted by molar-refractivity contribution is 0.362. The van der Waals surface area contributed by atoms with Crippen molar-refractivity contribution >= 4 is 0 Å². The summed E-state index contributed by atoms with van der Waals surface area (Å²) < 4.78 is 0. The summed E-state index contributed by atoms with van der Waals surface area (Å²) in [6, 6.07) is 0. The molecule has 1 aliphatic rings. The summed E-state index contributed by atoms with van der Waals surface area (Å²) in [6.45, 7) is 3.32. The molecule has 1 aliphatic carbocycles. The zero-order valence-electron chi connectivity index (χ0n) is 7.69. The van der Waals surface area contributed by atoms with Gasteiger partial charge in [-0.3, -0.25) is 0 Å². The van der Waals surface area contributed by atoms with Gasteiger partial charge in [0.1, 0.15) is 0 Å². The molecule has 1 saturated carbocycles. The van der Waals surface area contributed by atoms with Crippen LogP contribution in [0.3, 0.4) is 0 Å². The highest BCUT2D eigenvalue weighted by molar-refractivity contribution is 5.04. The molecule has 0 amide bonds. The van der Waals surface area contributed by atoms with Gasteiger partial charge in [-0.2, -0.15) is 0 Å². The van der Waals surface area contributed by atoms with Gasteiger partial charge in [0.15, 0.2) is 0 Å². The molecule has 66 valence electrons. The molecule has 11 heavy (non-hydrogen) atoms. The molecule has 0 saturated heterocycles. The summed E-state index contributed by atoms with van der Waals surface area (Å²) in [5.74, 6) is 0.706. The normalized spacial score (nSPS) is 23.2. The van der Waals surface area contributed by atoms with Gasteiger partial charge in [-0.25, -0.2) is 0 Å². The molecule has 1 atom stereocenters. The van der Waals surface area contributed by atoms with E-state index in [0.29, 0.717) is 5.92 Å². The Morgan fingerprint density at radius 3 is 2.55 bits per heavy atom. The lowest BCUT2D eigenvalue weighted by Crippen LogP contribution is -2.38. The number of rotatable bonds is 5. The van der Waals surface area contributed by atoms with E-state index in [2.05, 4.69) is 12.2 Å². The molecule has 0 heterocycles. The minimum atomic E-state index is 0.207. The van der Waals surface area contributed by atoms with Gasteiger partial charge in [0.2, 0.25) is 0 Å². The Kier molecular flexibility index (Phi) is 2.90. The Morgan fingerprint density at radius 1 is 1.55 bits per heavy atom. The Balaban J connectivity index is 2.32. The Morgan fingerprint density at radius 2 is 2.18 bits per heavy atom. The summed E-state index contributed by atoms with van der Waals surface area (Å²) in [6.07, 6.45) is 5.00. The lowest BCUT2D eigenvalue weighted by Gasteiger charge is -2.22. The van der Waals surface area contributed by atoms with E-state index in [1.807, 2.05) is 7.05 Å². The van der Waals surface area contributed by atoms with Gasteiger partial charge in [0, 0.05) is 5.54 Å². The molecule has 1 unspecified atom stereocenters. The van der Waals surface area contributed by atoms with Crippen LogP contribution < -0.4 is 11.1 Å². The van der Waals surface area contributed by atoms with Crippen LogP contribution in [-0.2, 0) is 0 Å². The smallest absolute Gasteiger partial charge is 0.0196 e. The molecule has 0 radical (unpaired) electrons. The molecule has 3 N–H and O–H groups in total. The molecule has 1 rings (SSSR count). The van der Waals surface area contributed by atoms with Gasteiger partial charge >= 0.3 is 0 Å². The molecule has 0 aromatic heterocycles. The quantitative estimate of drug-likeness (QED) is 0.626. The molecule has 0 aliphatic heterocycles. The van der Waals surface area contributed by atoms with Crippen LogP contribution in [0.1, 0.15) is 32.6 Å². The van der Waals surface area contributed by atoms with E-state index in [1.165, 1.54) is 25.7 Å². The van der Waals surface area contributed by atoms with Crippen molar-refractivity contribution in [3.05, 3.63) is 0 Å². The van der Waals surface area contributed by atoms with Crippen LogP contribution >= 0.6 is 0 Å². The predicted octanol–water partition coefficient (Wildman–Crippen LogP) is 1.11. The van der Waals surface area contributed by atoms with Gasteiger partial charge in [0.25, 0.3) is 0 Å². The highest BCUT2D eigenvalue weighted by Crippen LogP contribution is 2.41. The van der Waals surface area contributed by atoms with Crippen LogP contribution in [0.25, 0.3) is 0 Å². The molecular weight excluding hydrogens is 136 g/mol. The summed E-state index contributed by atoms with van der Waals surface area (Å²) in [5, 5.41) is 3.22. The molecule has 0 aromatic rings. The fourth-order valence-electron chi connectivity index (χ4n) is 1.74. The van der Waals surface area contributed by atoms with Gasteiger partial charge in [0.05, 0.1) is 0 Å². The molecule has 2 heteroatoms. The van der Waals surface area contributed by atoms with Gasteiger partial charge in [-0.1, -0.05) is 13.3 Å². The van der Waals surface area contributed by atoms with Gasteiger partial charge in [-0.15, -0.1) is 0 Å². The predicted molar refractivity (Wildman–Crippen MR) is 48.5 cm³/mol.